The average Bonchev–Trinajstić information content (AvgIpc) is 3.51. The van der Waals surface area contributed by atoms with Crippen LogP contribution in [0.25, 0.3) is 33.2 Å². The molecule has 13 heteroatoms. The van der Waals surface area contributed by atoms with Crippen LogP contribution in [-0.4, -0.2) is 104 Å². The number of benzene rings is 1. The number of piperazine rings is 2. The number of nitrogen functional groups attached to an aromatic ring is 1. The van der Waals surface area contributed by atoms with Gasteiger partial charge in [0.15, 0.2) is 0 Å². The molecule has 0 amide bonds. The number of hydrogen-bond donors (Lipinski definition) is 2. The van der Waals surface area contributed by atoms with E-state index in [2.05, 4.69) is 31.9 Å². The molecule has 0 spiro atoms. The van der Waals surface area contributed by atoms with E-state index in [-0.39, 0.29) is 11.7 Å². The highest BCUT2D eigenvalue weighted by Gasteiger charge is 2.37. The van der Waals surface area contributed by atoms with E-state index in [1.807, 2.05) is 28.4 Å². The number of nitrogens with zero attached hydrogens (tertiary/aromatic N) is 8. The lowest BCUT2D eigenvalue weighted by molar-refractivity contribution is 0.126. The minimum atomic E-state index is -0.186. The van der Waals surface area contributed by atoms with E-state index >= 15 is 0 Å². The standard InChI is InChI=1S/C30H37ClN10OS/c1-3-38-8-10-39(11-9-38)15-19-16-43-28-24(26-25-22(37(2)36-26)6-7-23(32)34-25)21(31)12-20-27(28)41(19)30(42)35-29(20)40-13-17-4-5-18(14-40)33-17/h6-7,12,17-19,33H,3-5,8-11,13-16H2,1-2H3,(H2,32,34)/t17?,18?,19-/m0/s1. The zero-order chi connectivity index (χ0) is 29.4. The molecule has 3 aromatic heterocycles. The number of anilines is 2. The van der Waals surface area contributed by atoms with Crippen molar-refractivity contribution < 1.29 is 0 Å². The van der Waals surface area contributed by atoms with Crippen molar-refractivity contribution in [3.63, 3.8) is 0 Å². The first-order chi connectivity index (χ1) is 20.9. The van der Waals surface area contributed by atoms with Crippen molar-refractivity contribution in [1.29, 1.82) is 0 Å². The van der Waals surface area contributed by atoms with Crippen molar-refractivity contribution in [1.82, 2.24) is 39.4 Å². The molecule has 3 atom stereocenters. The van der Waals surface area contributed by atoms with Crippen molar-refractivity contribution in [3.8, 4) is 11.3 Å². The number of halogens is 1. The third kappa shape index (κ3) is 4.61. The second-order valence-corrected chi connectivity index (χ2v) is 13.8. The molecule has 8 rings (SSSR count). The number of nitrogens with one attached hydrogen (secondary N) is 1. The minimum absolute atomic E-state index is 0.00435. The summed E-state index contributed by atoms with van der Waals surface area (Å²) in [6.07, 6.45) is 2.30. The average molecular weight is 621 g/mol. The Morgan fingerprint density at radius 1 is 1.09 bits per heavy atom. The molecule has 7 heterocycles. The summed E-state index contributed by atoms with van der Waals surface area (Å²) >= 11 is 8.98. The van der Waals surface area contributed by atoms with Gasteiger partial charge < -0.3 is 20.9 Å². The fourth-order valence-corrected chi connectivity index (χ4v) is 9.19. The number of hydrogen-bond acceptors (Lipinski definition) is 10. The largest absolute Gasteiger partial charge is 0.384 e. The lowest BCUT2D eigenvalue weighted by Crippen LogP contribution is -2.52. The van der Waals surface area contributed by atoms with Crippen LogP contribution in [0, 0.1) is 0 Å². The van der Waals surface area contributed by atoms with E-state index in [0.29, 0.717) is 34.1 Å². The number of nitrogens with two attached hydrogens (primary N) is 1. The molecule has 4 aliphatic heterocycles. The van der Waals surface area contributed by atoms with Crippen LogP contribution in [0.3, 0.4) is 0 Å². The topological polar surface area (TPSA) is 113 Å². The lowest BCUT2D eigenvalue weighted by atomic mass is 10.1. The Morgan fingerprint density at radius 3 is 2.58 bits per heavy atom. The van der Waals surface area contributed by atoms with Gasteiger partial charge in [0.25, 0.3) is 0 Å². The maximum absolute atomic E-state index is 14.1. The summed E-state index contributed by atoms with van der Waals surface area (Å²) in [5, 5.41) is 10.1. The number of thioether (sulfide) groups is 1. The van der Waals surface area contributed by atoms with Crippen LogP contribution in [0.2, 0.25) is 5.02 Å². The van der Waals surface area contributed by atoms with Crippen molar-refractivity contribution >= 4 is 56.9 Å². The SMILES string of the molecule is CCN1CCN(C[C@H]2CSc3c(-c4nn(C)c5ccc(N)nc45)c(Cl)cc4c(N5CC6CCC(C5)N6)nc(=O)n2c34)CC1. The molecule has 2 unspecified atom stereocenters. The molecule has 226 valence electrons. The van der Waals surface area contributed by atoms with Crippen LogP contribution in [-0.2, 0) is 7.05 Å². The molecule has 0 radical (unpaired) electrons. The summed E-state index contributed by atoms with van der Waals surface area (Å²) in [5.41, 5.74) is 9.94. The first-order valence-electron chi connectivity index (χ1n) is 15.3. The quantitative estimate of drug-likeness (QED) is 0.345. The fourth-order valence-electron chi connectivity index (χ4n) is 7.53. The van der Waals surface area contributed by atoms with Gasteiger partial charge in [-0.15, -0.1) is 11.8 Å². The number of aromatic nitrogens is 5. The summed E-state index contributed by atoms with van der Waals surface area (Å²) in [7, 11) is 1.91. The van der Waals surface area contributed by atoms with Crippen LogP contribution >= 0.6 is 23.4 Å². The Morgan fingerprint density at radius 2 is 1.84 bits per heavy atom. The number of aryl methyl sites for hydroxylation is 1. The zero-order valence-corrected chi connectivity index (χ0v) is 26.2. The van der Waals surface area contributed by atoms with Gasteiger partial charge in [0.05, 0.1) is 22.1 Å². The molecule has 11 nitrogen and oxygen atoms in total. The second kappa shape index (κ2) is 10.6. The van der Waals surface area contributed by atoms with E-state index in [0.717, 1.165) is 104 Å². The van der Waals surface area contributed by atoms with E-state index in [4.69, 9.17) is 27.4 Å². The summed E-state index contributed by atoms with van der Waals surface area (Å²) in [4.78, 5) is 31.9. The van der Waals surface area contributed by atoms with Crippen molar-refractivity contribution in [3.05, 3.63) is 33.7 Å². The lowest BCUT2D eigenvalue weighted by Gasteiger charge is -2.38. The predicted molar refractivity (Wildman–Crippen MR) is 173 cm³/mol. The molecule has 3 fully saturated rings. The Kier molecular flexibility index (Phi) is 6.83. The summed E-state index contributed by atoms with van der Waals surface area (Å²) in [6.45, 7) is 9.92. The molecule has 2 bridgehead atoms. The third-order valence-electron chi connectivity index (χ3n) is 9.73. The monoisotopic (exact) mass is 620 g/mol. The molecule has 0 saturated carbocycles. The Labute approximate surface area is 259 Å². The van der Waals surface area contributed by atoms with Crippen molar-refractivity contribution in [2.45, 2.75) is 42.8 Å². The number of fused-ring (bicyclic) bond motifs is 3. The molecule has 4 aromatic rings. The van der Waals surface area contributed by atoms with Gasteiger partial charge in [-0.25, -0.2) is 9.78 Å². The van der Waals surface area contributed by atoms with Gasteiger partial charge >= 0.3 is 5.69 Å². The van der Waals surface area contributed by atoms with Gasteiger partial charge in [0.2, 0.25) is 0 Å². The van der Waals surface area contributed by atoms with E-state index in [1.54, 1.807) is 17.8 Å². The zero-order valence-electron chi connectivity index (χ0n) is 24.6. The highest BCUT2D eigenvalue weighted by atomic mass is 35.5. The predicted octanol–water partition coefficient (Wildman–Crippen LogP) is 2.81. The highest BCUT2D eigenvalue weighted by molar-refractivity contribution is 7.99. The number of rotatable bonds is 5. The number of likely N-dealkylation sites (N-methyl/N-ethyl adjacent to an activating group) is 1. The van der Waals surface area contributed by atoms with Crippen molar-refractivity contribution in [2.24, 2.45) is 7.05 Å². The molecule has 3 N–H and O–H groups in total. The molecule has 43 heavy (non-hydrogen) atoms. The molecular weight excluding hydrogens is 584 g/mol. The molecule has 0 aliphatic carbocycles. The van der Waals surface area contributed by atoms with Gasteiger partial charge in [-0.1, -0.05) is 18.5 Å². The van der Waals surface area contributed by atoms with Gasteiger partial charge in [-0.05, 0) is 37.6 Å². The minimum Gasteiger partial charge on any atom is -0.384 e. The van der Waals surface area contributed by atoms with Gasteiger partial charge in [-0.3, -0.25) is 14.1 Å². The van der Waals surface area contributed by atoms with Gasteiger partial charge in [0.1, 0.15) is 22.8 Å². The summed E-state index contributed by atoms with van der Waals surface area (Å²) < 4.78 is 3.78. The van der Waals surface area contributed by atoms with Gasteiger partial charge in [-0.2, -0.15) is 10.1 Å². The summed E-state index contributed by atoms with van der Waals surface area (Å²) in [6, 6.07) is 6.57. The maximum atomic E-state index is 14.1. The third-order valence-corrected chi connectivity index (χ3v) is 11.3. The van der Waals surface area contributed by atoms with Gasteiger partial charge in [0, 0.05) is 86.5 Å². The first-order valence-corrected chi connectivity index (χ1v) is 16.7. The maximum Gasteiger partial charge on any atom is 0.350 e. The number of pyridine rings is 1. The van der Waals surface area contributed by atoms with E-state index in [1.165, 1.54) is 0 Å². The van der Waals surface area contributed by atoms with Crippen LogP contribution in [0.15, 0.2) is 27.9 Å². The smallest absolute Gasteiger partial charge is 0.350 e. The molecular formula is C30H37ClN10OS. The highest BCUT2D eigenvalue weighted by Crippen LogP contribution is 2.48. The van der Waals surface area contributed by atoms with Crippen LogP contribution in [0.5, 0.6) is 0 Å². The molecule has 1 aromatic carbocycles. The van der Waals surface area contributed by atoms with E-state index in [9.17, 15) is 4.79 Å². The van der Waals surface area contributed by atoms with Crippen LogP contribution < -0.4 is 21.6 Å². The Bertz CT molecular complexity index is 1790. The van der Waals surface area contributed by atoms with Crippen LogP contribution in [0.1, 0.15) is 25.8 Å². The Balaban J connectivity index is 1.31. The van der Waals surface area contributed by atoms with E-state index < -0.39 is 0 Å². The first kappa shape index (κ1) is 27.6. The van der Waals surface area contributed by atoms with Crippen molar-refractivity contribution in [2.75, 3.05) is 68.7 Å². The Hall–Kier alpha value is -2.90. The normalized spacial score (nSPS) is 24.4. The second-order valence-electron chi connectivity index (χ2n) is 12.4. The van der Waals surface area contributed by atoms with Crippen LogP contribution in [0.4, 0.5) is 11.6 Å². The fraction of sp³-hybridized carbons (Fsp3) is 0.533. The molecule has 3 saturated heterocycles. The molecule has 4 aliphatic rings. The summed E-state index contributed by atoms with van der Waals surface area (Å²) in [5.74, 6) is 1.93.